The van der Waals surface area contributed by atoms with Gasteiger partial charge in [0, 0.05) is 27.7 Å². The number of halogens is 1. The molecule has 1 aromatic heterocycles. The molecule has 0 aliphatic carbocycles. The van der Waals surface area contributed by atoms with E-state index in [9.17, 15) is 14.9 Å². The molecule has 0 radical (unpaired) electrons. The number of benzene rings is 1. The van der Waals surface area contributed by atoms with Crippen LogP contribution in [0.15, 0.2) is 40.9 Å². The minimum atomic E-state index is -0.852. The number of oxime groups is 1. The van der Waals surface area contributed by atoms with Gasteiger partial charge in [-0.05, 0) is 24.3 Å². The average Bonchev–Trinajstić information content (AvgIpc) is 2.97. The van der Waals surface area contributed by atoms with Crippen LogP contribution < -0.4 is 11.1 Å². The number of hydrogen-bond acceptors (Lipinski definition) is 6. The monoisotopic (exact) mass is 340 g/mol. The fourth-order valence-corrected chi connectivity index (χ4v) is 2.22. The number of thiophene rings is 1. The van der Waals surface area contributed by atoms with Gasteiger partial charge in [0.2, 0.25) is 0 Å². The van der Waals surface area contributed by atoms with E-state index in [-0.39, 0.29) is 10.8 Å². The quantitative estimate of drug-likeness (QED) is 0.291. The van der Waals surface area contributed by atoms with Gasteiger partial charge in [0.15, 0.2) is 5.84 Å². The summed E-state index contributed by atoms with van der Waals surface area (Å²) < 4.78 is 0. The van der Waals surface area contributed by atoms with Crippen LogP contribution >= 0.6 is 22.9 Å². The Balaban J connectivity index is 1.96. The standard InChI is InChI=1S/C12H9ClN4O4S/c13-8-1-3-9(4-2-8)15-12(18)21-16-11(14)7-5-10(17(19)20)22-6-7/h1-6H,(H2,14,16)(H,15,18). The third kappa shape index (κ3) is 4.17. The molecule has 3 N–H and O–H groups in total. The largest absolute Gasteiger partial charge is 0.437 e. The number of amides is 1. The minimum Gasteiger partial charge on any atom is -0.380 e. The molecule has 0 aliphatic heterocycles. The predicted octanol–water partition coefficient (Wildman–Crippen LogP) is 3.18. The topological polar surface area (TPSA) is 120 Å². The summed E-state index contributed by atoms with van der Waals surface area (Å²) in [5, 5.41) is 18.3. The van der Waals surface area contributed by atoms with Gasteiger partial charge in [0.1, 0.15) is 0 Å². The van der Waals surface area contributed by atoms with Crippen molar-refractivity contribution in [3.8, 4) is 0 Å². The Labute approximate surface area is 133 Å². The van der Waals surface area contributed by atoms with E-state index in [1.54, 1.807) is 24.3 Å². The van der Waals surface area contributed by atoms with Gasteiger partial charge in [0.05, 0.1) is 4.92 Å². The van der Waals surface area contributed by atoms with Gasteiger partial charge in [-0.3, -0.25) is 20.3 Å². The third-order valence-electron chi connectivity index (χ3n) is 2.38. The van der Waals surface area contributed by atoms with Crippen molar-refractivity contribution in [2.75, 3.05) is 5.32 Å². The summed E-state index contributed by atoms with van der Waals surface area (Å²) in [5.41, 5.74) is 6.35. The smallest absolute Gasteiger partial charge is 0.380 e. The molecule has 0 saturated heterocycles. The van der Waals surface area contributed by atoms with Gasteiger partial charge in [-0.1, -0.05) is 28.1 Å². The third-order valence-corrected chi connectivity index (χ3v) is 3.51. The number of carbonyl (C=O) groups excluding carboxylic acids is 1. The summed E-state index contributed by atoms with van der Waals surface area (Å²) in [7, 11) is 0. The highest BCUT2D eigenvalue weighted by atomic mass is 35.5. The molecule has 1 aromatic carbocycles. The number of carbonyl (C=O) groups is 1. The fraction of sp³-hybridized carbons (Fsp3) is 0. The lowest BCUT2D eigenvalue weighted by Crippen LogP contribution is -2.17. The van der Waals surface area contributed by atoms with Crippen molar-refractivity contribution < 1.29 is 14.6 Å². The molecular formula is C12H9ClN4O4S. The lowest BCUT2D eigenvalue weighted by atomic mass is 10.3. The maximum Gasteiger partial charge on any atom is 0.437 e. The van der Waals surface area contributed by atoms with Gasteiger partial charge in [0.25, 0.3) is 0 Å². The molecule has 0 bridgehead atoms. The Bertz CT molecular complexity index is 729. The fourth-order valence-electron chi connectivity index (χ4n) is 1.37. The van der Waals surface area contributed by atoms with E-state index in [4.69, 9.17) is 17.3 Å². The highest BCUT2D eigenvalue weighted by Crippen LogP contribution is 2.22. The van der Waals surface area contributed by atoms with Crippen LogP contribution in [0.3, 0.4) is 0 Å². The maximum atomic E-state index is 11.5. The molecule has 2 rings (SSSR count). The van der Waals surface area contributed by atoms with Crippen molar-refractivity contribution in [3.05, 3.63) is 56.4 Å². The Morgan fingerprint density at radius 2 is 2.09 bits per heavy atom. The molecule has 1 heterocycles. The normalized spacial score (nSPS) is 11.0. The number of nitrogens with zero attached hydrogens (tertiary/aromatic N) is 2. The second kappa shape index (κ2) is 6.87. The molecule has 114 valence electrons. The lowest BCUT2D eigenvalue weighted by Gasteiger charge is -2.03. The minimum absolute atomic E-state index is 0.0845. The Morgan fingerprint density at radius 1 is 1.41 bits per heavy atom. The highest BCUT2D eigenvalue weighted by Gasteiger charge is 2.12. The zero-order valence-electron chi connectivity index (χ0n) is 10.9. The molecular weight excluding hydrogens is 332 g/mol. The van der Waals surface area contributed by atoms with Crippen molar-refractivity contribution in [1.29, 1.82) is 0 Å². The van der Waals surface area contributed by atoms with E-state index < -0.39 is 11.0 Å². The molecule has 10 heteroatoms. The van der Waals surface area contributed by atoms with Gasteiger partial charge >= 0.3 is 11.1 Å². The second-order valence-electron chi connectivity index (χ2n) is 3.92. The van der Waals surface area contributed by atoms with Crippen LogP contribution in [0.1, 0.15) is 5.56 Å². The van der Waals surface area contributed by atoms with E-state index in [0.717, 1.165) is 11.3 Å². The van der Waals surface area contributed by atoms with Crippen LogP contribution in [0.5, 0.6) is 0 Å². The molecule has 22 heavy (non-hydrogen) atoms. The van der Waals surface area contributed by atoms with Crippen LogP contribution in [0, 0.1) is 10.1 Å². The van der Waals surface area contributed by atoms with Crippen LogP contribution in [-0.2, 0) is 4.84 Å². The summed E-state index contributed by atoms with van der Waals surface area (Å²) >= 11 is 6.61. The molecule has 0 spiro atoms. The number of amidine groups is 1. The molecule has 2 aromatic rings. The Morgan fingerprint density at radius 3 is 2.68 bits per heavy atom. The second-order valence-corrected chi connectivity index (χ2v) is 5.24. The zero-order chi connectivity index (χ0) is 16.1. The van der Waals surface area contributed by atoms with E-state index in [1.165, 1.54) is 11.4 Å². The number of rotatable bonds is 4. The number of nitrogens with two attached hydrogens (primary N) is 1. The molecule has 0 aliphatic rings. The summed E-state index contributed by atoms with van der Waals surface area (Å²) in [6.07, 6.45) is -0.852. The molecule has 8 nitrogen and oxygen atoms in total. The van der Waals surface area contributed by atoms with E-state index >= 15 is 0 Å². The number of nitro groups is 1. The number of anilines is 1. The van der Waals surface area contributed by atoms with Gasteiger partial charge in [-0.2, -0.15) is 0 Å². The first kappa shape index (κ1) is 15.7. The van der Waals surface area contributed by atoms with E-state index in [0.29, 0.717) is 16.3 Å². The van der Waals surface area contributed by atoms with E-state index in [2.05, 4.69) is 15.3 Å². The van der Waals surface area contributed by atoms with Crippen LogP contribution in [0.2, 0.25) is 5.02 Å². The molecule has 0 fully saturated rings. The summed E-state index contributed by atoms with van der Waals surface area (Å²) in [6, 6.07) is 7.60. The van der Waals surface area contributed by atoms with Crippen LogP contribution in [-0.4, -0.2) is 16.9 Å². The lowest BCUT2D eigenvalue weighted by molar-refractivity contribution is -0.380. The maximum absolute atomic E-state index is 11.5. The Hall–Kier alpha value is -2.65. The number of nitrogens with one attached hydrogen (secondary N) is 1. The molecule has 0 atom stereocenters. The summed E-state index contributed by atoms with van der Waals surface area (Å²) in [6.45, 7) is 0. The van der Waals surface area contributed by atoms with Crippen molar-refractivity contribution >= 4 is 45.6 Å². The molecule has 1 amide bonds. The first-order chi connectivity index (χ1) is 10.5. The molecule has 0 saturated carbocycles. The van der Waals surface area contributed by atoms with Crippen LogP contribution in [0.4, 0.5) is 15.5 Å². The average molecular weight is 341 g/mol. The predicted molar refractivity (Wildman–Crippen MR) is 83.3 cm³/mol. The van der Waals surface area contributed by atoms with Crippen molar-refractivity contribution in [3.63, 3.8) is 0 Å². The van der Waals surface area contributed by atoms with Gasteiger partial charge < -0.3 is 5.73 Å². The van der Waals surface area contributed by atoms with E-state index in [1.807, 2.05) is 0 Å². The summed E-state index contributed by atoms with van der Waals surface area (Å²) in [4.78, 5) is 26.1. The zero-order valence-corrected chi connectivity index (χ0v) is 12.4. The summed E-state index contributed by atoms with van der Waals surface area (Å²) in [5.74, 6) is -0.143. The highest BCUT2D eigenvalue weighted by molar-refractivity contribution is 7.13. The SMILES string of the molecule is N/C(=N/OC(=O)Nc1ccc(Cl)cc1)c1csc([N+](=O)[O-])c1. The number of hydrogen-bond donors (Lipinski definition) is 2. The molecule has 0 unspecified atom stereocenters. The van der Waals surface area contributed by atoms with Crippen molar-refractivity contribution in [2.24, 2.45) is 10.9 Å². The van der Waals surface area contributed by atoms with Crippen molar-refractivity contribution in [1.82, 2.24) is 0 Å². The first-order valence-electron chi connectivity index (χ1n) is 5.76. The van der Waals surface area contributed by atoms with Crippen molar-refractivity contribution in [2.45, 2.75) is 0 Å². The van der Waals surface area contributed by atoms with Gasteiger partial charge in [-0.15, -0.1) is 0 Å². The van der Waals surface area contributed by atoms with Crippen LogP contribution in [0.25, 0.3) is 0 Å². The Kier molecular flexibility index (Phi) is 4.92. The van der Waals surface area contributed by atoms with Gasteiger partial charge in [-0.25, -0.2) is 4.79 Å². The first-order valence-corrected chi connectivity index (χ1v) is 7.02.